The normalized spacial score (nSPS) is 12.5. The molecule has 0 fully saturated rings. The van der Waals surface area contributed by atoms with Gasteiger partial charge in [-0.1, -0.05) is 25.1 Å². The van der Waals surface area contributed by atoms with E-state index in [1.165, 1.54) is 0 Å². The number of rotatable bonds is 5. The van der Waals surface area contributed by atoms with Crippen LogP contribution in [0.2, 0.25) is 0 Å². The van der Waals surface area contributed by atoms with Gasteiger partial charge in [0.05, 0.1) is 13.2 Å². The maximum absolute atomic E-state index is 9.36. The second-order valence-corrected chi connectivity index (χ2v) is 5.53. The number of aliphatic hydroxyl groups is 1. The lowest BCUT2D eigenvalue weighted by Gasteiger charge is -2.12. The van der Waals surface area contributed by atoms with E-state index < -0.39 is 0 Å². The third-order valence-corrected chi connectivity index (χ3v) is 3.88. The van der Waals surface area contributed by atoms with E-state index in [-0.39, 0.29) is 12.5 Å². The average Bonchev–Trinajstić information content (AvgIpc) is 3.15. The molecular formula is C18H20N2O2. The molecule has 4 heteroatoms. The van der Waals surface area contributed by atoms with Crippen LogP contribution in [0.4, 0.5) is 0 Å². The standard InChI is InChI=1S/C18H20N2O2/c1-13(12-21)17-9-6-10-20(17)11-16-14(2)22-18(19-16)15-7-4-3-5-8-15/h3-10,13,21H,11-12H2,1-2H3. The molecule has 0 aliphatic carbocycles. The van der Waals surface area contributed by atoms with Crippen LogP contribution in [0.15, 0.2) is 53.1 Å². The van der Waals surface area contributed by atoms with Crippen molar-refractivity contribution in [1.82, 2.24) is 9.55 Å². The lowest BCUT2D eigenvalue weighted by molar-refractivity contribution is 0.269. The lowest BCUT2D eigenvalue weighted by atomic mass is 10.1. The number of aryl methyl sites for hydroxylation is 1. The fourth-order valence-electron chi connectivity index (χ4n) is 2.55. The number of aromatic nitrogens is 2. The molecule has 3 rings (SSSR count). The van der Waals surface area contributed by atoms with Crippen molar-refractivity contribution >= 4 is 0 Å². The molecular weight excluding hydrogens is 276 g/mol. The summed E-state index contributed by atoms with van der Waals surface area (Å²) in [7, 11) is 0. The van der Waals surface area contributed by atoms with E-state index in [4.69, 9.17) is 4.42 Å². The van der Waals surface area contributed by atoms with Crippen molar-refractivity contribution in [3.8, 4) is 11.5 Å². The highest BCUT2D eigenvalue weighted by molar-refractivity contribution is 5.53. The van der Waals surface area contributed by atoms with E-state index in [9.17, 15) is 5.11 Å². The third-order valence-electron chi connectivity index (χ3n) is 3.88. The number of nitrogens with zero attached hydrogens (tertiary/aromatic N) is 2. The van der Waals surface area contributed by atoms with Gasteiger partial charge in [-0.2, -0.15) is 0 Å². The van der Waals surface area contributed by atoms with Crippen LogP contribution >= 0.6 is 0 Å². The fraction of sp³-hybridized carbons (Fsp3) is 0.278. The second-order valence-electron chi connectivity index (χ2n) is 5.53. The Kier molecular flexibility index (Phi) is 4.11. The minimum atomic E-state index is 0.107. The molecule has 0 amide bonds. The number of hydrogen-bond acceptors (Lipinski definition) is 3. The summed E-state index contributed by atoms with van der Waals surface area (Å²) < 4.78 is 7.91. The van der Waals surface area contributed by atoms with Crippen LogP contribution in [0.5, 0.6) is 0 Å². The van der Waals surface area contributed by atoms with Crippen molar-refractivity contribution in [2.75, 3.05) is 6.61 Å². The SMILES string of the molecule is Cc1oc(-c2ccccc2)nc1Cn1cccc1C(C)CO. The van der Waals surface area contributed by atoms with Crippen LogP contribution in [0.1, 0.15) is 30.0 Å². The molecule has 1 aromatic carbocycles. The van der Waals surface area contributed by atoms with Gasteiger partial charge < -0.3 is 14.1 Å². The van der Waals surface area contributed by atoms with Gasteiger partial charge in [-0.25, -0.2) is 4.98 Å². The van der Waals surface area contributed by atoms with Gasteiger partial charge >= 0.3 is 0 Å². The summed E-state index contributed by atoms with van der Waals surface area (Å²) in [6, 6.07) is 13.9. The summed E-state index contributed by atoms with van der Waals surface area (Å²) in [5.41, 5.74) is 3.00. The molecule has 2 aromatic heterocycles. The van der Waals surface area contributed by atoms with Gasteiger partial charge in [-0.15, -0.1) is 0 Å². The highest BCUT2D eigenvalue weighted by atomic mass is 16.4. The highest BCUT2D eigenvalue weighted by Crippen LogP contribution is 2.23. The van der Waals surface area contributed by atoms with Crippen LogP contribution in [0.3, 0.4) is 0 Å². The van der Waals surface area contributed by atoms with Gasteiger partial charge in [0.1, 0.15) is 11.5 Å². The summed E-state index contributed by atoms with van der Waals surface area (Å²) in [6.45, 7) is 4.73. The smallest absolute Gasteiger partial charge is 0.226 e. The summed E-state index contributed by atoms with van der Waals surface area (Å²) in [5, 5.41) is 9.36. The van der Waals surface area contributed by atoms with Gasteiger partial charge in [0, 0.05) is 23.4 Å². The van der Waals surface area contributed by atoms with E-state index >= 15 is 0 Å². The Labute approximate surface area is 130 Å². The molecule has 114 valence electrons. The van der Waals surface area contributed by atoms with Gasteiger partial charge in [-0.05, 0) is 31.2 Å². The molecule has 1 unspecified atom stereocenters. The number of oxazole rings is 1. The first-order valence-corrected chi connectivity index (χ1v) is 7.46. The Morgan fingerprint density at radius 3 is 2.68 bits per heavy atom. The molecule has 0 bridgehead atoms. The van der Waals surface area contributed by atoms with E-state index in [1.807, 2.05) is 62.5 Å². The van der Waals surface area contributed by atoms with Crippen molar-refractivity contribution in [3.63, 3.8) is 0 Å². The monoisotopic (exact) mass is 296 g/mol. The molecule has 3 aromatic rings. The summed E-state index contributed by atoms with van der Waals surface area (Å²) in [4.78, 5) is 4.63. The topological polar surface area (TPSA) is 51.2 Å². The van der Waals surface area contributed by atoms with E-state index in [0.29, 0.717) is 12.4 Å². The van der Waals surface area contributed by atoms with Crippen LogP contribution < -0.4 is 0 Å². The zero-order chi connectivity index (χ0) is 15.5. The summed E-state index contributed by atoms with van der Waals surface area (Å²) in [5.74, 6) is 1.59. The number of hydrogen-bond donors (Lipinski definition) is 1. The van der Waals surface area contributed by atoms with Gasteiger partial charge in [-0.3, -0.25) is 0 Å². The molecule has 0 saturated heterocycles. The van der Waals surface area contributed by atoms with Crippen molar-refractivity contribution in [3.05, 3.63) is 65.8 Å². The molecule has 4 nitrogen and oxygen atoms in total. The van der Waals surface area contributed by atoms with E-state index in [1.54, 1.807) is 0 Å². The Morgan fingerprint density at radius 2 is 1.95 bits per heavy atom. The maximum Gasteiger partial charge on any atom is 0.226 e. The number of aliphatic hydroxyl groups excluding tert-OH is 1. The lowest BCUT2D eigenvalue weighted by Crippen LogP contribution is -2.09. The Hall–Kier alpha value is -2.33. The van der Waals surface area contributed by atoms with E-state index in [2.05, 4.69) is 9.55 Å². The largest absolute Gasteiger partial charge is 0.441 e. The average molecular weight is 296 g/mol. The Balaban J connectivity index is 1.88. The Bertz CT molecular complexity index is 744. The minimum absolute atomic E-state index is 0.107. The summed E-state index contributed by atoms with van der Waals surface area (Å²) in [6.07, 6.45) is 2.01. The molecule has 22 heavy (non-hydrogen) atoms. The third kappa shape index (κ3) is 2.83. The highest BCUT2D eigenvalue weighted by Gasteiger charge is 2.14. The molecule has 0 saturated carbocycles. The molecule has 0 radical (unpaired) electrons. The zero-order valence-electron chi connectivity index (χ0n) is 12.9. The van der Waals surface area contributed by atoms with Crippen LogP contribution in [-0.2, 0) is 6.54 Å². The van der Waals surface area contributed by atoms with Crippen molar-refractivity contribution < 1.29 is 9.52 Å². The van der Waals surface area contributed by atoms with Crippen LogP contribution in [0, 0.1) is 6.92 Å². The molecule has 1 atom stereocenters. The Morgan fingerprint density at radius 1 is 1.18 bits per heavy atom. The first-order valence-electron chi connectivity index (χ1n) is 7.46. The first-order chi connectivity index (χ1) is 10.7. The van der Waals surface area contributed by atoms with Crippen LogP contribution in [-0.4, -0.2) is 21.3 Å². The fourth-order valence-corrected chi connectivity index (χ4v) is 2.55. The minimum Gasteiger partial charge on any atom is -0.441 e. The summed E-state index contributed by atoms with van der Waals surface area (Å²) >= 11 is 0. The number of benzene rings is 1. The molecule has 0 aliphatic heterocycles. The van der Waals surface area contributed by atoms with Crippen molar-refractivity contribution in [2.45, 2.75) is 26.3 Å². The van der Waals surface area contributed by atoms with Gasteiger partial charge in [0.15, 0.2) is 0 Å². The molecule has 0 aliphatic rings. The van der Waals surface area contributed by atoms with Crippen LogP contribution in [0.25, 0.3) is 11.5 Å². The van der Waals surface area contributed by atoms with Crippen molar-refractivity contribution in [1.29, 1.82) is 0 Å². The quantitative estimate of drug-likeness (QED) is 0.782. The first kappa shape index (κ1) is 14.6. The maximum atomic E-state index is 9.36. The van der Waals surface area contributed by atoms with Gasteiger partial charge in [0.25, 0.3) is 0 Å². The predicted octanol–water partition coefficient (Wildman–Crippen LogP) is 3.60. The molecule has 1 N–H and O–H groups in total. The van der Waals surface area contributed by atoms with E-state index in [0.717, 1.165) is 22.7 Å². The molecule has 0 spiro atoms. The predicted molar refractivity (Wildman–Crippen MR) is 85.7 cm³/mol. The molecule has 2 heterocycles. The van der Waals surface area contributed by atoms with Crippen molar-refractivity contribution in [2.24, 2.45) is 0 Å². The second kappa shape index (κ2) is 6.20. The zero-order valence-corrected chi connectivity index (χ0v) is 12.9. The van der Waals surface area contributed by atoms with Gasteiger partial charge in [0.2, 0.25) is 5.89 Å².